The van der Waals surface area contributed by atoms with Crippen molar-refractivity contribution in [1.29, 1.82) is 0 Å². The molecule has 25 heavy (non-hydrogen) atoms. The number of rotatable bonds is 6. The Morgan fingerprint density at radius 3 is 2.24 bits per heavy atom. The van der Waals surface area contributed by atoms with E-state index in [0.717, 1.165) is 31.9 Å². The second kappa shape index (κ2) is 8.18. The molecule has 1 saturated heterocycles. The number of halogens is 1. The van der Waals surface area contributed by atoms with Gasteiger partial charge in [0.25, 0.3) is 0 Å². The lowest BCUT2D eigenvalue weighted by molar-refractivity contribution is 0.0663. The number of phenolic OH excluding ortho intramolecular Hbond substituents is 1. The molecular formula is C19H23FN2O3. The first-order valence-corrected chi connectivity index (χ1v) is 8.43. The van der Waals surface area contributed by atoms with E-state index < -0.39 is 6.10 Å². The monoisotopic (exact) mass is 346 g/mol. The SMILES string of the molecule is Oc1ccc(OC[C@@H](O)CN2CCN(c3ccc(F)cc3)CC2)cc1. The molecule has 1 fully saturated rings. The van der Waals surface area contributed by atoms with Crippen molar-refractivity contribution < 1.29 is 19.3 Å². The van der Waals surface area contributed by atoms with Gasteiger partial charge in [0.1, 0.15) is 30.0 Å². The molecule has 0 radical (unpaired) electrons. The molecule has 0 amide bonds. The maximum atomic E-state index is 13.0. The quantitative estimate of drug-likeness (QED) is 0.839. The van der Waals surface area contributed by atoms with Gasteiger partial charge in [0.15, 0.2) is 0 Å². The second-order valence-electron chi connectivity index (χ2n) is 6.22. The minimum Gasteiger partial charge on any atom is -0.508 e. The third kappa shape index (κ3) is 5.08. The summed E-state index contributed by atoms with van der Waals surface area (Å²) in [6, 6.07) is 13.0. The van der Waals surface area contributed by atoms with Crippen LogP contribution in [0.15, 0.2) is 48.5 Å². The van der Waals surface area contributed by atoms with Gasteiger partial charge in [0.2, 0.25) is 0 Å². The highest BCUT2D eigenvalue weighted by Gasteiger charge is 2.19. The summed E-state index contributed by atoms with van der Waals surface area (Å²) in [7, 11) is 0. The summed E-state index contributed by atoms with van der Waals surface area (Å²) < 4.78 is 18.5. The van der Waals surface area contributed by atoms with E-state index in [1.54, 1.807) is 36.4 Å². The Labute approximate surface area is 146 Å². The molecule has 1 heterocycles. The Kier molecular flexibility index (Phi) is 5.73. The summed E-state index contributed by atoms with van der Waals surface area (Å²) in [5, 5.41) is 19.4. The number of aromatic hydroxyl groups is 1. The average Bonchev–Trinajstić information content (AvgIpc) is 2.63. The molecule has 5 nitrogen and oxygen atoms in total. The minimum absolute atomic E-state index is 0.187. The van der Waals surface area contributed by atoms with Crippen LogP contribution in [0.1, 0.15) is 0 Å². The summed E-state index contributed by atoms with van der Waals surface area (Å²) in [6.45, 7) is 4.13. The molecule has 0 spiro atoms. The Morgan fingerprint density at radius 2 is 1.60 bits per heavy atom. The number of aliphatic hydroxyl groups excluding tert-OH is 1. The van der Waals surface area contributed by atoms with Gasteiger partial charge in [-0.3, -0.25) is 4.90 Å². The third-order valence-electron chi connectivity index (χ3n) is 4.31. The number of aliphatic hydroxyl groups is 1. The van der Waals surface area contributed by atoms with Gasteiger partial charge in [-0.05, 0) is 48.5 Å². The fraction of sp³-hybridized carbons (Fsp3) is 0.368. The summed E-state index contributed by atoms with van der Waals surface area (Å²) in [6.07, 6.45) is -0.578. The van der Waals surface area contributed by atoms with E-state index in [1.807, 2.05) is 0 Å². The summed E-state index contributed by atoms with van der Waals surface area (Å²) in [5.41, 5.74) is 1.03. The average molecular weight is 346 g/mol. The second-order valence-corrected chi connectivity index (χ2v) is 6.22. The predicted octanol–water partition coefficient (Wildman–Crippen LogP) is 2.09. The zero-order valence-corrected chi connectivity index (χ0v) is 14.0. The van der Waals surface area contributed by atoms with Crippen molar-refractivity contribution in [3.63, 3.8) is 0 Å². The largest absolute Gasteiger partial charge is 0.508 e. The van der Waals surface area contributed by atoms with Gasteiger partial charge in [-0.25, -0.2) is 4.39 Å². The third-order valence-corrected chi connectivity index (χ3v) is 4.31. The smallest absolute Gasteiger partial charge is 0.123 e. The zero-order chi connectivity index (χ0) is 17.6. The molecule has 2 aromatic rings. The molecule has 2 N–H and O–H groups in total. The van der Waals surface area contributed by atoms with Crippen LogP contribution in [0.5, 0.6) is 11.5 Å². The lowest BCUT2D eigenvalue weighted by atomic mass is 10.2. The summed E-state index contributed by atoms with van der Waals surface area (Å²) in [4.78, 5) is 4.42. The van der Waals surface area contributed by atoms with E-state index in [2.05, 4.69) is 9.80 Å². The van der Waals surface area contributed by atoms with E-state index in [-0.39, 0.29) is 18.2 Å². The number of hydrogen-bond donors (Lipinski definition) is 2. The normalized spacial score (nSPS) is 16.6. The van der Waals surface area contributed by atoms with E-state index >= 15 is 0 Å². The van der Waals surface area contributed by atoms with Crippen LogP contribution >= 0.6 is 0 Å². The van der Waals surface area contributed by atoms with Gasteiger partial charge in [-0.1, -0.05) is 0 Å². The lowest BCUT2D eigenvalue weighted by Gasteiger charge is -2.36. The van der Waals surface area contributed by atoms with Gasteiger partial charge in [0, 0.05) is 38.4 Å². The Balaban J connectivity index is 1.40. The van der Waals surface area contributed by atoms with E-state index in [1.165, 1.54) is 12.1 Å². The van der Waals surface area contributed by atoms with Gasteiger partial charge < -0.3 is 19.8 Å². The van der Waals surface area contributed by atoms with Crippen molar-refractivity contribution in [2.24, 2.45) is 0 Å². The molecule has 1 aliphatic heterocycles. The molecule has 134 valence electrons. The van der Waals surface area contributed by atoms with Crippen molar-refractivity contribution in [2.45, 2.75) is 6.10 Å². The molecule has 0 aliphatic carbocycles. The summed E-state index contributed by atoms with van der Waals surface area (Å²) >= 11 is 0. The van der Waals surface area contributed by atoms with E-state index in [9.17, 15) is 14.6 Å². The van der Waals surface area contributed by atoms with Gasteiger partial charge in [0.05, 0.1) is 0 Å². The van der Waals surface area contributed by atoms with Crippen molar-refractivity contribution in [2.75, 3.05) is 44.2 Å². The summed E-state index contributed by atoms with van der Waals surface area (Å²) in [5.74, 6) is 0.587. The van der Waals surface area contributed by atoms with E-state index in [0.29, 0.717) is 12.3 Å². The Morgan fingerprint density at radius 1 is 0.960 bits per heavy atom. The highest BCUT2D eigenvalue weighted by molar-refractivity contribution is 5.46. The van der Waals surface area contributed by atoms with Gasteiger partial charge in [-0.2, -0.15) is 0 Å². The number of β-amino-alcohol motifs (C(OH)–C–C–N with tert-alkyl or cyclic N) is 1. The molecule has 0 saturated carbocycles. The molecule has 1 atom stereocenters. The van der Waals surface area contributed by atoms with Crippen molar-refractivity contribution in [3.8, 4) is 11.5 Å². The highest BCUT2D eigenvalue weighted by atomic mass is 19.1. The van der Waals surface area contributed by atoms with Crippen LogP contribution in [0.25, 0.3) is 0 Å². The first-order valence-electron chi connectivity index (χ1n) is 8.43. The highest BCUT2D eigenvalue weighted by Crippen LogP contribution is 2.18. The van der Waals surface area contributed by atoms with Crippen molar-refractivity contribution in [1.82, 2.24) is 4.90 Å². The Hall–Kier alpha value is -2.31. The number of piperazine rings is 1. The van der Waals surface area contributed by atoms with Gasteiger partial charge in [-0.15, -0.1) is 0 Å². The van der Waals surface area contributed by atoms with Crippen LogP contribution in [-0.2, 0) is 0 Å². The van der Waals surface area contributed by atoms with Crippen LogP contribution in [0.2, 0.25) is 0 Å². The molecule has 0 unspecified atom stereocenters. The molecule has 6 heteroatoms. The number of benzene rings is 2. The van der Waals surface area contributed by atoms with E-state index in [4.69, 9.17) is 4.74 Å². The number of hydrogen-bond acceptors (Lipinski definition) is 5. The van der Waals surface area contributed by atoms with Crippen molar-refractivity contribution >= 4 is 5.69 Å². The van der Waals surface area contributed by atoms with Crippen LogP contribution in [0, 0.1) is 5.82 Å². The molecule has 0 bridgehead atoms. The van der Waals surface area contributed by atoms with Crippen LogP contribution in [0.3, 0.4) is 0 Å². The topological polar surface area (TPSA) is 56.2 Å². The zero-order valence-electron chi connectivity index (χ0n) is 14.0. The number of ether oxygens (including phenoxy) is 1. The molecule has 3 rings (SSSR count). The molecule has 2 aromatic carbocycles. The minimum atomic E-state index is -0.578. The van der Waals surface area contributed by atoms with Gasteiger partial charge >= 0.3 is 0 Å². The first-order chi connectivity index (χ1) is 12.1. The molecular weight excluding hydrogens is 323 g/mol. The van der Waals surface area contributed by atoms with Crippen molar-refractivity contribution in [3.05, 3.63) is 54.3 Å². The lowest BCUT2D eigenvalue weighted by Crippen LogP contribution is -2.49. The predicted molar refractivity (Wildman–Crippen MR) is 94.7 cm³/mol. The first kappa shape index (κ1) is 17.5. The Bertz CT molecular complexity index is 655. The fourth-order valence-electron chi connectivity index (χ4n) is 2.93. The number of anilines is 1. The molecule has 1 aliphatic rings. The fourth-order valence-corrected chi connectivity index (χ4v) is 2.93. The molecule has 0 aromatic heterocycles. The van der Waals surface area contributed by atoms with Crippen LogP contribution in [-0.4, -0.2) is 60.5 Å². The van der Waals surface area contributed by atoms with Crippen LogP contribution in [0.4, 0.5) is 10.1 Å². The number of phenols is 1. The maximum absolute atomic E-state index is 13.0. The van der Waals surface area contributed by atoms with Crippen LogP contribution < -0.4 is 9.64 Å². The number of nitrogens with zero attached hydrogens (tertiary/aromatic N) is 2. The standard InChI is InChI=1S/C19H23FN2O3/c20-15-1-3-16(4-2-15)22-11-9-21(10-12-22)13-18(24)14-25-19-7-5-17(23)6-8-19/h1-8,18,23-24H,9-14H2/t18-/m0/s1. The maximum Gasteiger partial charge on any atom is 0.123 e.